The van der Waals surface area contributed by atoms with Crippen LogP contribution in [0.4, 0.5) is 11.9 Å². The highest BCUT2D eigenvalue weighted by molar-refractivity contribution is 5.41. The lowest BCUT2D eigenvalue weighted by atomic mass is 10.4. The Morgan fingerprint density at radius 1 is 1.00 bits per heavy atom. The average Bonchev–Trinajstić information content (AvgIpc) is 2.52. The van der Waals surface area contributed by atoms with Gasteiger partial charge in [0, 0.05) is 26.7 Å². The van der Waals surface area contributed by atoms with Crippen molar-refractivity contribution in [2.75, 3.05) is 43.1 Å². The van der Waals surface area contributed by atoms with Crippen LogP contribution < -0.4 is 14.5 Å². The Hall–Kier alpha value is -2.63. The first-order chi connectivity index (χ1) is 11.0. The maximum atomic E-state index is 5.59. The van der Waals surface area contributed by atoms with Gasteiger partial charge >= 0.3 is 6.01 Å². The summed E-state index contributed by atoms with van der Waals surface area (Å²) in [4.78, 5) is 17.0. The molecular weight excluding hydrogens is 290 g/mol. The lowest BCUT2D eigenvalue weighted by Gasteiger charge is -2.22. The number of hydrogen-bond acceptors (Lipinski definition) is 6. The summed E-state index contributed by atoms with van der Waals surface area (Å²) in [6.45, 7) is 19.1. The van der Waals surface area contributed by atoms with E-state index in [-0.39, 0.29) is 6.01 Å². The first-order valence-electron chi connectivity index (χ1n) is 7.33. The Kier molecular flexibility index (Phi) is 7.53. The van der Waals surface area contributed by atoms with Crippen LogP contribution in [-0.2, 0) is 0 Å². The predicted molar refractivity (Wildman–Crippen MR) is 96.2 cm³/mol. The molecule has 0 aliphatic rings. The third-order valence-electron chi connectivity index (χ3n) is 2.77. The van der Waals surface area contributed by atoms with Gasteiger partial charge in [0.1, 0.15) is 6.61 Å². The van der Waals surface area contributed by atoms with Crippen LogP contribution in [0.1, 0.15) is 6.92 Å². The van der Waals surface area contributed by atoms with Crippen LogP contribution in [0.5, 0.6) is 6.01 Å². The fraction of sp³-hybridized carbons (Fsp3) is 0.353. The van der Waals surface area contributed by atoms with Gasteiger partial charge in [-0.15, -0.1) is 19.7 Å². The molecule has 1 rings (SSSR count). The second-order valence-electron chi connectivity index (χ2n) is 5.12. The van der Waals surface area contributed by atoms with E-state index in [1.807, 2.05) is 23.8 Å². The van der Waals surface area contributed by atoms with E-state index in [4.69, 9.17) is 4.74 Å². The van der Waals surface area contributed by atoms with Gasteiger partial charge in [0.05, 0.1) is 0 Å². The number of likely N-dealkylation sites (N-methyl/N-ethyl adjacent to an activating group) is 1. The fourth-order valence-electron chi connectivity index (χ4n) is 1.72. The Morgan fingerprint density at radius 2 is 1.57 bits per heavy atom. The molecule has 0 atom stereocenters. The van der Waals surface area contributed by atoms with Crippen molar-refractivity contribution in [3.8, 4) is 6.01 Å². The molecule has 0 fully saturated rings. The van der Waals surface area contributed by atoms with Gasteiger partial charge in [0.25, 0.3) is 0 Å². The Labute approximate surface area is 138 Å². The maximum absolute atomic E-state index is 5.59. The number of rotatable bonds is 11. The standard InChI is InChI=1S/C17H25N5O/c1-7-10-21(6)15-18-16(22(11-8-2)12-9-3)20-17(19-15)23-13-14(4)5/h7-9H,1-4,10-13H2,5-6H3. The van der Waals surface area contributed by atoms with E-state index in [1.165, 1.54) is 0 Å². The highest BCUT2D eigenvalue weighted by atomic mass is 16.5. The van der Waals surface area contributed by atoms with E-state index in [2.05, 4.69) is 41.3 Å². The van der Waals surface area contributed by atoms with E-state index in [0.29, 0.717) is 38.1 Å². The topological polar surface area (TPSA) is 54.4 Å². The number of hydrogen-bond donors (Lipinski definition) is 0. The van der Waals surface area contributed by atoms with Crippen LogP contribution in [-0.4, -0.2) is 48.2 Å². The molecule has 6 heteroatoms. The van der Waals surface area contributed by atoms with Gasteiger partial charge in [-0.3, -0.25) is 0 Å². The van der Waals surface area contributed by atoms with Gasteiger partial charge in [-0.1, -0.05) is 24.8 Å². The Morgan fingerprint density at radius 3 is 2.09 bits per heavy atom. The zero-order valence-electron chi connectivity index (χ0n) is 14.0. The van der Waals surface area contributed by atoms with Crippen molar-refractivity contribution >= 4 is 11.9 Å². The monoisotopic (exact) mass is 315 g/mol. The normalized spacial score (nSPS) is 9.83. The van der Waals surface area contributed by atoms with Crippen molar-refractivity contribution in [2.24, 2.45) is 0 Å². The summed E-state index contributed by atoms with van der Waals surface area (Å²) in [5.41, 5.74) is 0.891. The van der Waals surface area contributed by atoms with Crippen molar-refractivity contribution < 1.29 is 4.74 Å². The SMILES string of the molecule is C=CCN(C)c1nc(OCC(=C)C)nc(N(CC=C)CC=C)n1. The molecule has 0 amide bonds. The molecule has 0 aromatic carbocycles. The zero-order chi connectivity index (χ0) is 17.2. The predicted octanol–water partition coefficient (Wildman–Crippen LogP) is 2.63. The van der Waals surface area contributed by atoms with Gasteiger partial charge in [-0.25, -0.2) is 0 Å². The summed E-state index contributed by atoms with van der Waals surface area (Å²) >= 11 is 0. The van der Waals surface area contributed by atoms with Gasteiger partial charge in [0.15, 0.2) is 0 Å². The quantitative estimate of drug-likeness (QED) is 0.585. The van der Waals surface area contributed by atoms with Crippen molar-refractivity contribution in [1.29, 1.82) is 0 Å². The van der Waals surface area contributed by atoms with Crippen LogP contribution in [0.3, 0.4) is 0 Å². The molecule has 23 heavy (non-hydrogen) atoms. The van der Waals surface area contributed by atoms with Crippen molar-refractivity contribution in [1.82, 2.24) is 15.0 Å². The summed E-state index contributed by atoms with van der Waals surface area (Å²) in [6.07, 6.45) is 5.35. The lowest BCUT2D eigenvalue weighted by molar-refractivity contribution is 0.323. The third-order valence-corrected chi connectivity index (χ3v) is 2.77. The molecule has 0 aliphatic carbocycles. The second kappa shape index (κ2) is 9.40. The van der Waals surface area contributed by atoms with Crippen molar-refractivity contribution in [3.63, 3.8) is 0 Å². The van der Waals surface area contributed by atoms with E-state index < -0.39 is 0 Å². The van der Waals surface area contributed by atoms with E-state index in [9.17, 15) is 0 Å². The highest BCUT2D eigenvalue weighted by Crippen LogP contribution is 2.17. The molecule has 0 aliphatic heterocycles. The number of anilines is 2. The van der Waals surface area contributed by atoms with Crippen LogP contribution in [0.25, 0.3) is 0 Å². The van der Waals surface area contributed by atoms with Crippen LogP contribution in [0.15, 0.2) is 50.1 Å². The average molecular weight is 315 g/mol. The fourth-order valence-corrected chi connectivity index (χ4v) is 1.72. The van der Waals surface area contributed by atoms with Crippen molar-refractivity contribution in [2.45, 2.75) is 6.92 Å². The Bertz CT molecular complexity index is 560. The molecule has 0 radical (unpaired) electrons. The minimum Gasteiger partial charge on any atom is -0.459 e. The summed E-state index contributed by atoms with van der Waals surface area (Å²) in [5.74, 6) is 1.03. The molecule has 6 nitrogen and oxygen atoms in total. The van der Waals surface area contributed by atoms with Crippen LogP contribution in [0.2, 0.25) is 0 Å². The zero-order valence-corrected chi connectivity index (χ0v) is 14.0. The minimum atomic E-state index is 0.266. The molecule has 1 aromatic rings. The summed E-state index contributed by atoms with van der Waals surface area (Å²) < 4.78 is 5.59. The molecule has 0 bridgehead atoms. The van der Waals surface area contributed by atoms with E-state index >= 15 is 0 Å². The maximum Gasteiger partial charge on any atom is 0.323 e. The molecule has 0 saturated carbocycles. The first kappa shape index (κ1) is 18.4. The molecule has 0 N–H and O–H groups in total. The van der Waals surface area contributed by atoms with Crippen molar-refractivity contribution in [3.05, 3.63) is 50.1 Å². The lowest BCUT2D eigenvalue weighted by Crippen LogP contribution is -2.28. The van der Waals surface area contributed by atoms with Crippen LogP contribution >= 0.6 is 0 Å². The van der Waals surface area contributed by atoms with Gasteiger partial charge in [-0.05, 0) is 12.5 Å². The molecule has 0 spiro atoms. The van der Waals surface area contributed by atoms with E-state index in [0.717, 1.165) is 5.57 Å². The smallest absolute Gasteiger partial charge is 0.323 e. The van der Waals surface area contributed by atoms with Gasteiger partial charge in [-0.2, -0.15) is 15.0 Å². The Balaban J connectivity index is 3.19. The largest absolute Gasteiger partial charge is 0.459 e. The molecule has 124 valence electrons. The molecular formula is C17H25N5O. The molecule has 1 heterocycles. The second-order valence-corrected chi connectivity index (χ2v) is 5.12. The molecule has 0 saturated heterocycles. The third kappa shape index (κ3) is 5.94. The van der Waals surface area contributed by atoms with Crippen LogP contribution in [0, 0.1) is 0 Å². The van der Waals surface area contributed by atoms with Gasteiger partial charge < -0.3 is 14.5 Å². The summed E-state index contributed by atoms with van der Waals surface area (Å²) in [6, 6.07) is 0.266. The highest BCUT2D eigenvalue weighted by Gasteiger charge is 2.14. The first-order valence-corrected chi connectivity index (χ1v) is 7.33. The summed E-state index contributed by atoms with van der Waals surface area (Å²) in [5, 5.41) is 0. The minimum absolute atomic E-state index is 0.266. The van der Waals surface area contributed by atoms with Gasteiger partial charge in [0.2, 0.25) is 11.9 Å². The number of aromatic nitrogens is 3. The molecule has 0 unspecified atom stereocenters. The summed E-state index contributed by atoms with van der Waals surface area (Å²) in [7, 11) is 1.88. The van der Waals surface area contributed by atoms with E-state index in [1.54, 1.807) is 18.2 Å². The number of ether oxygens (including phenoxy) is 1. The molecule has 1 aromatic heterocycles. The number of nitrogens with zero attached hydrogens (tertiary/aromatic N) is 5.